The molecular formula is C13H24N2O. The molecule has 3 aliphatic rings. The summed E-state index contributed by atoms with van der Waals surface area (Å²) in [5, 5.41) is 3.85. The Kier molecular flexibility index (Phi) is 3.18. The van der Waals surface area contributed by atoms with Gasteiger partial charge in [0.2, 0.25) is 0 Å². The first-order valence-corrected chi connectivity index (χ1v) is 6.89. The lowest BCUT2D eigenvalue weighted by molar-refractivity contribution is 0.0756. The van der Waals surface area contributed by atoms with E-state index in [0.29, 0.717) is 18.2 Å². The van der Waals surface area contributed by atoms with Gasteiger partial charge in [-0.1, -0.05) is 0 Å². The van der Waals surface area contributed by atoms with Crippen LogP contribution in [0.15, 0.2) is 0 Å². The van der Waals surface area contributed by atoms with Crippen LogP contribution in [0.4, 0.5) is 0 Å². The highest BCUT2D eigenvalue weighted by Gasteiger charge is 2.41. The molecule has 0 aromatic carbocycles. The fourth-order valence-corrected chi connectivity index (χ4v) is 3.28. The van der Waals surface area contributed by atoms with Crippen molar-refractivity contribution < 1.29 is 4.74 Å². The van der Waals surface area contributed by atoms with E-state index in [9.17, 15) is 0 Å². The van der Waals surface area contributed by atoms with Gasteiger partial charge >= 0.3 is 0 Å². The highest BCUT2D eigenvalue weighted by molar-refractivity contribution is 4.95. The minimum Gasteiger partial charge on any atom is -0.376 e. The smallest absolute Gasteiger partial charge is 0.0757 e. The maximum atomic E-state index is 5.88. The Balaban J connectivity index is 1.52. The Hall–Kier alpha value is -0.120. The Morgan fingerprint density at radius 2 is 2.06 bits per heavy atom. The van der Waals surface area contributed by atoms with Gasteiger partial charge in [-0.2, -0.15) is 0 Å². The van der Waals surface area contributed by atoms with Gasteiger partial charge in [0, 0.05) is 25.2 Å². The first kappa shape index (κ1) is 11.0. The predicted molar refractivity (Wildman–Crippen MR) is 64.5 cm³/mol. The summed E-state index contributed by atoms with van der Waals surface area (Å²) in [4.78, 5) is 2.45. The Labute approximate surface area is 98.5 Å². The monoisotopic (exact) mass is 224 g/mol. The van der Waals surface area contributed by atoms with Gasteiger partial charge in [0.25, 0.3) is 0 Å². The van der Waals surface area contributed by atoms with Crippen LogP contribution >= 0.6 is 0 Å². The summed E-state index contributed by atoms with van der Waals surface area (Å²) in [6.45, 7) is 3.46. The third-order valence-electron chi connectivity index (χ3n) is 4.30. The molecule has 3 unspecified atom stereocenters. The second kappa shape index (κ2) is 4.63. The molecular weight excluding hydrogens is 200 g/mol. The number of hydrogen-bond acceptors (Lipinski definition) is 3. The molecule has 0 radical (unpaired) electrons. The van der Waals surface area contributed by atoms with Crippen molar-refractivity contribution in [2.75, 3.05) is 26.7 Å². The maximum Gasteiger partial charge on any atom is 0.0757 e. The molecule has 3 nitrogen and oxygen atoms in total. The summed E-state index contributed by atoms with van der Waals surface area (Å²) in [6, 6.07) is 1.34. The lowest BCUT2D eigenvalue weighted by Crippen LogP contribution is -2.50. The van der Waals surface area contributed by atoms with Crippen molar-refractivity contribution in [1.82, 2.24) is 10.2 Å². The van der Waals surface area contributed by atoms with Gasteiger partial charge in [-0.05, 0) is 51.6 Å². The van der Waals surface area contributed by atoms with Gasteiger partial charge in [-0.3, -0.25) is 0 Å². The summed E-state index contributed by atoms with van der Waals surface area (Å²) in [5.74, 6) is 0.876. The second-order valence-electron chi connectivity index (χ2n) is 5.84. The Morgan fingerprint density at radius 1 is 1.19 bits per heavy atom. The van der Waals surface area contributed by atoms with E-state index in [1.54, 1.807) is 0 Å². The number of likely N-dealkylation sites (N-methyl/N-ethyl adjacent to an activating group) is 1. The summed E-state index contributed by atoms with van der Waals surface area (Å²) in [5.41, 5.74) is 0. The topological polar surface area (TPSA) is 24.5 Å². The standard InChI is InChI=1S/C13H24N2O/c1-15-7-2-3-11(9-15)14-12-6-8-16-13(12)10-4-5-10/h10-14H,2-9H2,1H3. The molecule has 0 aromatic rings. The van der Waals surface area contributed by atoms with E-state index in [4.69, 9.17) is 4.74 Å². The number of nitrogens with zero attached hydrogens (tertiary/aromatic N) is 1. The summed E-state index contributed by atoms with van der Waals surface area (Å²) >= 11 is 0. The molecule has 0 bridgehead atoms. The number of piperidine rings is 1. The van der Waals surface area contributed by atoms with Crippen LogP contribution in [0.1, 0.15) is 32.1 Å². The van der Waals surface area contributed by atoms with E-state index >= 15 is 0 Å². The first-order valence-electron chi connectivity index (χ1n) is 6.89. The minimum atomic E-state index is 0.534. The summed E-state index contributed by atoms with van der Waals surface area (Å²) < 4.78 is 5.88. The van der Waals surface area contributed by atoms with Crippen LogP contribution in [0.5, 0.6) is 0 Å². The normalized spacial score (nSPS) is 41.4. The molecule has 1 aliphatic carbocycles. The fourth-order valence-electron chi connectivity index (χ4n) is 3.28. The average Bonchev–Trinajstić information content (AvgIpc) is 3.00. The zero-order valence-corrected chi connectivity index (χ0v) is 10.3. The molecule has 1 saturated carbocycles. The van der Waals surface area contributed by atoms with Crippen molar-refractivity contribution in [1.29, 1.82) is 0 Å². The van der Waals surface area contributed by atoms with E-state index in [2.05, 4.69) is 17.3 Å². The largest absolute Gasteiger partial charge is 0.376 e. The van der Waals surface area contributed by atoms with Crippen molar-refractivity contribution in [2.24, 2.45) is 5.92 Å². The Morgan fingerprint density at radius 3 is 2.81 bits per heavy atom. The van der Waals surface area contributed by atoms with E-state index in [1.165, 1.54) is 45.2 Å². The lowest BCUT2D eigenvalue weighted by Gasteiger charge is -2.33. The lowest BCUT2D eigenvalue weighted by atomic mass is 10.0. The summed E-state index contributed by atoms with van der Waals surface area (Å²) in [6.07, 6.45) is 7.24. The average molecular weight is 224 g/mol. The molecule has 0 aromatic heterocycles. The molecule has 3 rings (SSSR count). The molecule has 3 heteroatoms. The van der Waals surface area contributed by atoms with Crippen LogP contribution in [-0.4, -0.2) is 49.8 Å². The van der Waals surface area contributed by atoms with Crippen molar-refractivity contribution >= 4 is 0 Å². The van der Waals surface area contributed by atoms with Crippen molar-refractivity contribution in [3.8, 4) is 0 Å². The van der Waals surface area contributed by atoms with E-state index in [1.807, 2.05) is 0 Å². The number of nitrogens with one attached hydrogen (secondary N) is 1. The van der Waals surface area contributed by atoms with Crippen LogP contribution < -0.4 is 5.32 Å². The molecule has 2 heterocycles. The maximum absolute atomic E-state index is 5.88. The van der Waals surface area contributed by atoms with Crippen LogP contribution in [0, 0.1) is 5.92 Å². The number of ether oxygens (including phenoxy) is 1. The number of hydrogen-bond donors (Lipinski definition) is 1. The molecule has 1 N–H and O–H groups in total. The molecule has 92 valence electrons. The van der Waals surface area contributed by atoms with E-state index < -0.39 is 0 Å². The highest BCUT2D eigenvalue weighted by atomic mass is 16.5. The number of likely N-dealkylation sites (tertiary alicyclic amines) is 1. The fraction of sp³-hybridized carbons (Fsp3) is 1.00. The molecule has 0 amide bonds. The van der Waals surface area contributed by atoms with Crippen molar-refractivity contribution in [2.45, 2.75) is 50.3 Å². The summed E-state index contributed by atoms with van der Waals surface area (Å²) in [7, 11) is 2.23. The molecule has 3 fully saturated rings. The van der Waals surface area contributed by atoms with Crippen LogP contribution in [0.2, 0.25) is 0 Å². The zero-order valence-electron chi connectivity index (χ0n) is 10.3. The molecule has 16 heavy (non-hydrogen) atoms. The van der Waals surface area contributed by atoms with Gasteiger partial charge in [-0.25, -0.2) is 0 Å². The minimum absolute atomic E-state index is 0.534. The third kappa shape index (κ3) is 2.41. The second-order valence-corrected chi connectivity index (χ2v) is 5.84. The van der Waals surface area contributed by atoms with E-state index in [-0.39, 0.29) is 0 Å². The highest BCUT2D eigenvalue weighted by Crippen LogP contribution is 2.39. The van der Waals surface area contributed by atoms with Gasteiger partial charge in [-0.15, -0.1) is 0 Å². The molecule has 3 atom stereocenters. The van der Waals surface area contributed by atoms with Crippen LogP contribution in [0.25, 0.3) is 0 Å². The van der Waals surface area contributed by atoms with Gasteiger partial charge in [0.05, 0.1) is 6.10 Å². The Bertz CT molecular complexity index is 242. The quantitative estimate of drug-likeness (QED) is 0.780. The van der Waals surface area contributed by atoms with Crippen molar-refractivity contribution in [3.05, 3.63) is 0 Å². The van der Waals surface area contributed by atoms with Crippen molar-refractivity contribution in [3.63, 3.8) is 0 Å². The zero-order chi connectivity index (χ0) is 11.0. The number of rotatable bonds is 3. The first-order chi connectivity index (χ1) is 7.83. The SMILES string of the molecule is CN1CCCC(NC2CCOC2C2CC2)C1. The molecule has 2 saturated heterocycles. The molecule has 0 spiro atoms. The molecule has 2 aliphatic heterocycles. The van der Waals surface area contributed by atoms with Crippen LogP contribution in [-0.2, 0) is 4.74 Å². The van der Waals surface area contributed by atoms with Gasteiger partial charge in [0.15, 0.2) is 0 Å². The van der Waals surface area contributed by atoms with E-state index in [0.717, 1.165) is 12.5 Å². The third-order valence-corrected chi connectivity index (χ3v) is 4.30. The van der Waals surface area contributed by atoms with Crippen LogP contribution in [0.3, 0.4) is 0 Å². The predicted octanol–water partition coefficient (Wildman–Crippen LogP) is 1.24. The van der Waals surface area contributed by atoms with Gasteiger partial charge in [0.1, 0.15) is 0 Å². The van der Waals surface area contributed by atoms with Gasteiger partial charge < -0.3 is 15.0 Å².